The highest BCUT2D eigenvalue weighted by Gasteiger charge is 2.19. The number of hydrogen-bond acceptors (Lipinski definition) is 7. The maximum absolute atomic E-state index is 12.4. The van der Waals surface area contributed by atoms with Gasteiger partial charge in [-0.25, -0.2) is 9.78 Å². The van der Waals surface area contributed by atoms with Crippen molar-refractivity contribution < 1.29 is 13.9 Å². The molecule has 1 aromatic heterocycles. The van der Waals surface area contributed by atoms with Gasteiger partial charge in [0.1, 0.15) is 5.60 Å². The van der Waals surface area contributed by atoms with Crippen molar-refractivity contribution in [3.05, 3.63) is 72.1 Å². The van der Waals surface area contributed by atoms with Gasteiger partial charge < -0.3 is 25.2 Å². The highest BCUT2D eigenvalue weighted by molar-refractivity contribution is 5.91. The van der Waals surface area contributed by atoms with Gasteiger partial charge in [-0.15, -0.1) is 0 Å². The van der Waals surface area contributed by atoms with Gasteiger partial charge in [-0.1, -0.05) is 6.07 Å². The van der Waals surface area contributed by atoms with Crippen LogP contribution in [0.1, 0.15) is 36.7 Å². The molecule has 0 saturated heterocycles. The van der Waals surface area contributed by atoms with E-state index in [-0.39, 0.29) is 5.97 Å². The Bertz CT molecular complexity index is 1090. The highest BCUT2D eigenvalue weighted by atomic mass is 16.6. The molecule has 1 heterocycles. The molecule has 7 heteroatoms. The van der Waals surface area contributed by atoms with Gasteiger partial charge >= 0.3 is 5.97 Å². The normalized spacial score (nSPS) is 11.4. The number of esters is 1. The van der Waals surface area contributed by atoms with E-state index in [1.807, 2.05) is 58.0 Å². The number of aryl methyl sites for hydroxylation is 1. The van der Waals surface area contributed by atoms with E-state index in [1.165, 1.54) is 6.21 Å². The number of ether oxygens (including phenoxy) is 1. The van der Waals surface area contributed by atoms with E-state index in [4.69, 9.17) is 14.6 Å². The average molecular weight is 418 g/mol. The average Bonchev–Trinajstić information content (AvgIpc) is 3.17. The van der Waals surface area contributed by atoms with E-state index < -0.39 is 5.60 Å². The zero-order valence-corrected chi connectivity index (χ0v) is 18.0. The van der Waals surface area contributed by atoms with Crippen molar-refractivity contribution in [2.75, 3.05) is 10.6 Å². The zero-order valence-electron chi connectivity index (χ0n) is 18.0. The van der Waals surface area contributed by atoms with E-state index in [0.717, 1.165) is 16.8 Å². The lowest BCUT2D eigenvalue weighted by Gasteiger charge is -2.20. The van der Waals surface area contributed by atoms with E-state index in [9.17, 15) is 4.79 Å². The molecule has 0 spiro atoms. The third-order valence-electron chi connectivity index (χ3n) is 4.23. The molecule has 0 aliphatic rings. The van der Waals surface area contributed by atoms with Gasteiger partial charge in [-0.3, -0.25) is 0 Å². The predicted molar refractivity (Wildman–Crippen MR) is 123 cm³/mol. The zero-order chi connectivity index (χ0) is 22.4. The Labute approximate surface area is 181 Å². The molecule has 3 rings (SSSR count). The van der Waals surface area contributed by atoms with E-state index in [1.54, 1.807) is 30.6 Å². The largest absolute Gasteiger partial charge is 0.456 e. The van der Waals surface area contributed by atoms with Crippen molar-refractivity contribution in [3.8, 4) is 11.3 Å². The van der Waals surface area contributed by atoms with Crippen molar-refractivity contribution >= 4 is 29.6 Å². The molecule has 3 N–H and O–H groups in total. The number of benzene rings is 2. The minimum Gasteiger partial charge on any atom is -0.456 e. The Balaban J connectivity index is 1.73. The second-order valence-electron chi connectivity index (χ2n) is 7.93. The summed E-state index contributed by atoms with van der Waals surface area (Å²) in [6.45, 7) is 7.44. The van der Waals surface area contributed by atoms with Gasteiger partial charge in [0.05, 0.1) is 11.8 Å². The molecule has 2 aromatic carbocycles. The summed E-state index contributed by atoms with van der Waals surface area (Å²) in [4.78, 5) is 16.7. The number of nitrogens with one attached hydrogen (secondary N) is 3. The Morgan fingerprint density at radius 2 is 1.90 bits per heavy atom. The standard InChI is InChI=1S/C24H26N4O3/c1-16-6-7-18(22(29)31-24(2,3)4)14-20(16)28-23-27-15-21(30-23)17-8-10-19(11-9-17)26-13-5-12-25/h5-15,25-26H,1-4H3,(H,27,28)/b13-5-,25-12?. The van der Waals surface area contributed by atoms with Crippen molar-refractivity contribution in [3.63, 3.8) is 0 Å². The van der Waals surface area contributed by atoms with Crippen LogP contribution >= 0.6 is 0 Å². The lowest BCUT2D eigenvalue weighted by atomic mass is 10.1. The monoisotopic (exact) mass is 418 g/mol. The van der Waals surface area contributed by atoms with Gasteiger partial charge in [0.15, 0.2) is 5.76 Å². The topological polar surface area (TPSA) is 100 Å². The summed E-state index contributed by atoms with van der Waals surface area (Å²) in [5, 5.41) is 13.2. The van der Waals surface area contributed by atoms with Crippen LogP contribution in [0.2, 0.25) is 0 Å². The molecule has 7 nitrogen and oxygen atoms in total. The van der Waals surface area contributed by atoms with Crippen LogP contribution in [-0.4, -0.2) is 22.8 Å². The number of hydrogen-bond donors (Lipinski definition) is 3. The molecule has 0 unspecified atom stereocenters. The first kappa shape index (κ1) is 21.8. The molecule has 160 valence electrons. The highest BCUT2D eigenvalue weighted by Crippen LogP contribution is 2.27. The SMILES string of the molecule is Cc1ccc(C(=O)OC(C)(C)C)cc1Nc1ncc(-c2ccc(N/C=C\C=N)cc2)o1. The number of aromatic nitrogens is 1. The van der Waals surface area contributed by atoms with Crippen LogP contribution in [-0.2, 0) is 4.74 Å². The molecule has 0 radical (unpaired) electrons. The molecule has 3 aromatic rings. The summed E-state index contributed by atoms with van der Waals surface area (Å²) in [6, 6.07) is 13.3. The first-order valence-corrected chi connectivity index (χ1v) is 9.84. The van der Waals surface area contributed by atoms with Crippen molar-refractivity contribution in [2.45, 2.75) is 33.3 Å². The molecule has 0 fully saturated rings. The minimum atomic E-state index is -0.561. The summed E-state index contributed by atoms with van der Waals surface area (Å²) < 4.78 is 11.3. The molecular weight excluding hydrogens is 392 g/mol. The fraction of sp³-hybridized carbons (Fsp3) is 0.208. The van der Waals surface area contributed by atoms with Gasteiger partial charge in [0.25, 0.3) is 6.01 Å². The lowest BCUT2D eigenvalue weighted by molar-refractivity contribution is 0.00695. The summed E-state index contributed by atoms with van der Waals surface area (Å²) in [5.74, 6) is 0.234. The fourth-order valence-corrected chi connectivity index (χ4v) is 2.72. The minimum absolute atomic E-state index is 0.329. The van der Waals surface area contributed by atoms with E-state index in [2.05, 4.69) is 15.6 Å². The quantitative estimate of drug-likeness (QED) is 0.325. The van der Waals surface area contributed by atoms with Gasteiger partial charge in [0, 0.05) is 29.4 Å². The number of rotatable bonds is 7. The van der Waals surface area contributed by atoms with Crippen LogP contribution in [0.4, 0.5) is 17.4 Å². The van der Waals surface area contributed by atoms with Crippen molar-refractivity contribution in [1.29, 1.82) is 5.41 Å². The smallest absolute Gasteiger partial charge is 0.338 e. The summed E-state index contributed by atoms with van der Waals surface area (Å²) in [7, 11) is 0. The second-order valence-corrected chi connectivity index (χ2v) is 7.93. The lowest BCUT2D eigenvalue weighted by Crippen LogP contribution is -2.23. The van der Waals surface area contributed by atoms with Crippen LogP contribution < -0.4 is 10.6 Å². The van der Waals surface area contributed by atoms with Gasteiger partial charge in [-0.05, 0) is 75.7 Å². The summed E-state index contributed by atoms with van der Waals surface area (Å²) in [5.41, 5.74) is 3.33. The number of allylic oxidation sites excluding steroid dienone is 1. The van der Waals surface area contributed by atoms with Crippen LogP contribution in [0.3, 0.4) is 0 Å². The number of nitrogens with zero attached hydrogens (tertiary/aromatic N) is 1. The van der Waals surface area contributed by atoms with E-state index in [0.29, 0.717) is 23.0 Å². The van der Waals surface area contributed by atoms with Crippen LogP contribution in [0, 0.1) is 12.3 Å². The number of carbonyl (C=O) groups is 1. The predicted octanol–water partition coefficient (Wildman–Crippen LogP) is 5.92. The Morgan fingerprint density at radius 3 is 2.58 bits per heavy atom. The van der Waals surface area contributed by atoms with Crippen LogP contribution in [0.15, 0.2) is 65.4 Å². The first-order valence-electron chi connectivity index (χ1n) is 9.84. The number of carbonyl (C=O) groups excluding carboxylic acids is 1. The van der Waals surface area contributed by atoms with Crippen molar-refractivity contribution in [1.82, 2.24) is 4.98 Å². The van der Waals surface area contributed by atoms with Gasteiger partial charge in [0.2, 0.25) is 0 Å². The maximum Gasteiger partial charge on any atom is 0.338 e. The maximum atomic E-state index is 12.4. The molecule has 0 saturated carbocycles. The number of oxazole rings is 1. The molecule has 0 bridgehead atoms. The van der Waals surface area contributed by atoms with Crippen molar-refractivity contribution in [2.24, 2.45) is 0 Å². The van der Waals surface area contributed by atoms with Crippen LogP contribution in [0.5, 0.6) is 0 Å². The Hall–Kier alpha value is -3.87. The number of anilines is 3. The molecule has 0 atom stereocenters. The third-order valence-corrected chi connectivity index (χ3v) is 4.23. The van der Waals surface area contributed by atoms with E-state index >= 15 is 0 Å². The Morgan fingerprint density at radius 1 is 1.16 bits per heavy atom. The third kappa shape index (κ3) is 6.05. The molecule has 0 amide bonds. The Kier molecular flexibility index (Phi) is 6.55. The molecule has 0 aliphatic heterocycles. The van der Waals surface area contributed by atoms with Gasteiger partial charge in [-0.2, -0.15) is 0 Å². The molecule has 0 aliphatic carbocycles. The second kappa shape index (κ2) is 9.30. The first-order chi connectivity index (χ1) is 14.7. The summed E-state index contributed by atoms with van der Waals surface area (Å²) >= 11 is 0. The molecule has 31 heavy (non-hydrogen) atoms. The van der Waals surface area contributed by atoms with Crippen LogP contribution in [0.25, 0.3) is 11.3 Å². The molecular formula is C24H26N4O3. The summed E-state index contributed by atoms with van der Waals surface area (Å²) in [6.07, 6.45) is 6.14. The fourth-order valence-electron chi connectivity index (χ4n) is 2.72.